The number of aliphatic hydroxyl groups is 1. The van der Waals surface area contributed by atoms with Crippen molar-refractivity contribution in [2.24, 2.45) is 0 Å². The van der Waals surface area contributed by atoms with Crippen LogP contribution < -0.4 is 5.32 Å². The van der Waals surface area contributed by atoms with Gasteiger partial charge in [0.05, 0.1) is 12.4 Å². The van der Waals surface area contributed by atoms with Gasteiger partial charge in [-0.15, -0.1) is 0 Å². The van der Waals surface area contributed by atoms with E-state index in [1.54, 1.807) is 13.0 Å². The predicted molar refractivity (Wildman–Crippen MR) is 58.2 cm³/mol. The van der Waals surface area contributed by atoms with E-state index in [1.165, 1.54) is 17.2 Å². The molecule has 2 heterocycles. The molecule has 1 fully saturated rings. The van der Waals surface area contributed by atoms with Crippen molar-refractivity contribution in [2.75, 3.05) is 13.1 Å². The summed E-state index contributed by atoms with van der Waals surface area (Å²) in [6.07, 6.45) is 0.958. The highest BCUT2D eigenvalue weighted by atomic mass is 16.3. The van der Waals surface area contributed by atoms with Crippen LogP contribution in [0.5, 0.6) is 0 Å². The lowest BCUT2D eigenvalue weighted by molar-refractivity contribution is -0.142. The van der Waals surface area contributed by atoms with Crippen molar-refractivity contribution in [3.8, 4) is 0 Å². The van der Waals surface area contributed by atoms with E-state index in [9.17, 15) is 9.59 Å². The number of hydrogen-bond acceptors (Lipinski definition) is 4. The van der Waals surface area contributed by atoms with Crippen LogP contribution in [0.4, 0.5) is 0 Å². The number of hydrogen-bond donors (Lipinski definition) is 2. The molecule has 1 aliphatic rings. The standard InChI is InChI=1S/C11H14N2O4/c1-7(11(16)13-5-8(14)6-13)12-10(15)9-3-2-4-17-9/h2-4,7-8,14H,5-6H2,1H3,(H,12,15). The number of furan rings is 1. The Bertz CT molecular complexity index is 409. The third kappa shape index (κ3) is 2.47. The molecule has 1 aliphatic heterocycles. The zero-order chi connectivity index (χ0) is 12.4. The number of aliphatic hydroxyl groups excluding tert-OH is 1. The highest BCUT2D eigenvalue weighted by Gasteiger charge is 2.32. The molecule has 1 saturated heterocycles. The number of carbonyl (C=O) groups excluding carboxylic acids is 2. The van der Waals surface area contributed by atoms with Gasteiger partial charge in [-0.1, -0.05) is 0 Å². The Balaban J connectivity index is 1.86. The van der Waals surface area contributed by atoms with Gasteiger partial charge in [-0.05, 0) is 19.1 Å². The van der Waals surface area contributed by atoms with Gasteiger partial charge in [0.15, 0.2) is 5.76 Å². The van der Waals surface area contributed by atoms with E-state index in [0.717, 1.165) is 0 Å². The summed E-state index contributed by atoms with van der Waals surface area (Å²) in [6.45, 7) is 2.27. The molecule has 0 spiro atoms. The van der Waals surface area contributed by atoms with Crippen molar-refractivity contribution in [1.82, 2.24) is 10.2 Å². The normalized spacial score (nSPS) is 17.4. The summed E-state index contributed by atoms with van der Waals surface area (Å²) in [6, 6.07) is 2.51. The first-order valence-corrected chi connectivity index (χ1v) is 5.39. The molecule has 0 bridgehead atoms. The Morgan fingerprint density at radius 2 is 2.29 bits per heavy atom. The molecular weight excluding hydrogens is 224 g/mol. The molecule has 2 amide bonds. The van der Waals surface area contributed by atoms with Crippen LogP contribution in [0.25, 0.3) is 0 Å². The summed E-state index contributed by atoms with van der Waals surface area (Å²) < 4.78 is 4.92. The van der Waals surface area contributed by atoms with Crippen LogP contribution in [0.1, 0.15) is 17.5 Å². The average molecular weight is 238 g/mol. The summed E-state index contributed by atoms with van der Waals surface area (Å²) in [7, 11) is 0. The van der Waals surface area contributed by atoms with Crippen LogP contribution in [-0.2, 0) is 4.79 Å². The SMILES string of the molecule is CC(NC(=O)c1ccco1)C(=O)N1CC(O)C1. The minimum atomic E-state index is -0.625. The zero-order valence-corrected chi connectivity index (χ0v) is 9.42. The molecule has 1 aromatic heterocycles. The Hall–Kier alpha value is -1.82. The first-order valence-electron chi connectivity index (χ1n) is 5.39. The van der Waals surface area contributed by atoms with Gasteiger partial charge in [0, 0.05) is 13.1 Å². The van der Waals surface area contributed by atoms with Crippen LogP contribution in [0.15, 0.2) is 22.8 Å². The fourth-order valence-electron chi connectivity index (χ4n) is 1.65. The second kappa shape index (κ2) is 4.58. The Kier molecular flexibility index (Phi) is 3.14. The van der Waals surface area contributed by atoms with Crippen molar-refractivity contribution in [2.45, 2.75) is 19.1 Å². The topological polar surface area (TPSA) is 82.8 Å². The molecule has 1 atom stereocenters. The number of β-amino-alcohol motifs (C(OH)–C–C–N with tert-alkyl or cyclic N) is 1. The maximum absolute atomic E-state index is 11.7. The first-order chi connectivity index (χ1) is 8.08. The van der Waals surface area contributed by atoms with Crippen molar-refractivity contribution < 1.29 is 19.1 Å². The number of carbonyl (C=O) groups is 2. The molecule has 2 rings (SSSR count). The maximum atomic E-state index is 11.7. The summed E-state index contributed by atoms with van der Waals surface area (Å²) in [4.78, 5) is 24.8. The van der Waals surface area contributed by atoms with E-state index in [2.05, 4.69) is 5.32 Å². The summed E-state index contributed by atoms with van der Waals surface area (Å²) in [5.74, 6) is -0.444. The molecule has 6 heteroatoms. The van der Waals surface area contributed by atoms with Gasteiger partial charge in [-0.25, -0.2) is 0 Å². The predicted octanol–water partition coefficient (Wildman–Crippen LogP) is -0.399. The molecule has 17 heavy (non-hydrogen) atoms. The van der Waals surface area contributed by atoms with E-state index in [1.807, 2.05) is 0 Å². The second-order valence-corrected chi connectivity index (χ2v) is 4.07. The molecule has 1 unspecified atom stereocenters. The molecule has 0 saturated carbocycles. The monoisotopic (exact) mass is 238 g/mol. The van der Waals surface area contributed by atoms with Gasteiger partial charge in [0.1, 0.15) is 6.04 Å². The molecule has 0 aliphatic carbocycles. The molecule has 1 aromatic rings. The van der Waals surface area contributed by atoms with Crippen LogP contribution in [0, 0.1) is 0 Å². The number of amides is 2. The summed E-state index contributed by atoms with van der Waals surface area (Å²) >= 11 is 0. The van der Waals surface area contributed by atoms with Gasteiger partial charge < -0.3 is 19.7 Å². The van der Waals surface area contributed by atoms with Crippen molar-refractivity contribution in [1.29, 1.82) is 0 Å². The lowest BCUT2D eigenvalue weighted by atomic mass is 10.1. The van der Waals surface area contributed by atoms with E-state index < -0.39 is 18.1 Å². The number of likely N-dealkylation sites (tertiary alicyclic amines) is 1. The smallest absolute Gasteiger partial charge is 0.287 e. The van der Waals surface area contributed by atoms with E-state index >= 15 is 0 Å². The van der Waals surface area contributed by atoms with Crippen LogP contribution in [0.2, 0.25) is 0 Å². The number of nitrogens with one attached hydrogen (secondary N) is 1. The van der Waals surface area contributed by atoms with Gasteiger partial charge >= 0.3 is 0 Å². The van der Waals surface area contributed by atoms with Gasteiger partial charge in [0.25, 0.3) is 5.91 Å². The average Bonchev–Trinajstić information content (AvgIpc) is 2.77. The first kappa shape index (κ1) is 11.7. The Morgan fingerprint density at radius 1 is 1.59 bits per heavy atom. The summed E-state index contributed by atoms with van der Waals surface area (Å²) in [5, 5.41) is 11.6. The maximum Gasteiger partial charge on any atom is 0.287 e. The van der Waals surface area contributed by atoms with Crippen molar-refractivity contribution in [3.05, 3.63) is 24.2 Å². The van der Waals surface area contributed by atoms with E-state index in [0.29, 0.717) is 13.1 Å². The van der Waals surface area contributed by atoms with E-state index in [-0.39, 0.29) is 11.7 Å². The number of nitrogens with zero attached hydrogens (tertiary/aromatic N) is 1. The minimum Gasteiger partial charge on any atom is -0.459 e. The Labute approximate surface area is 98.2 Å². The molecule has 6 nitrogen and oxygen atoms in total. The van der Waals surface area contributed by atoms with Gasteiger partial charge in [-0.2, -0.15) is 0 Å². The molecule has 2 N–H and O–H groups in total. The van der Waals surface area contributed by atoms with E-state index in [4.69, 9.17) is 9.52 Å². The third-order valence-corrected chi connectivity index (χ3v) is 2.64. The molecular formula is C11H14N2O4. The van der Waals surface area contributed by atoms with Crippen LogP contribution >= 0.6 is 0 Å². The second-order valence-electron chi connectivity index (χ2n) is 4.07. The van der Waals surface area contributed by atoms with Crippen molar-refractivity contribution >= 4 is 11.8 Å². The summed E-state index contributed by atoms with van der Waals surface area (Å²) in [5.41, 5.74) is 0. The third-order valence-electron chi connectivity index (χ3n) is 2.64. The molecule has 92 valence electrons. The Morgan fingerprint density at radius 3 is 2.82 bits per heavy atom. The fourth-order valence-corrected chi connectivity index (χ4v) is 1.65. The van der Waals surface area contributed by atoms with Gasteiger partial charge in [-0.3, -0.25) is 9.59 Å². The fraction of sp³-hybridized carbons (Fsp3) is 0.455. The zero-order valence-electron chi connectivity index (χ0n) is 9.42. The lowest BCUT2D eigenvalue weighted by Gasteiger charge is -2.37. The number of rotatable bonds is 3. The molecule has 0 aromatic carbocycles. The minimum absolute atomic E-state index is 0.174. The highest BCUT2D eigenvalue weighted by Crippen LogP contribution is 2.09. The van der Waals surface area contributed by atoms with Crippen LogP contribution in [0.3, 0.4) is 0 Å². The van der Waals surface area contributed by atoms with Crippen molar-refractivity contribution in [3.63, 3.8) is 0 Å². The lowest BCUT2D eigenvalue weighted by Crippen LogP contribution is -2.58. The highest BCUT2D eigenvalue weighted by molar-refractivity contribution is 5.95. The van der Waals surface area contributed by atoms with Gasteiger partial charge in [0.2, 0.25) is 5.91 Å². The van der Waals surface area contributed by atoms with Crippen LogP contribution in [-0.4, -0.2) is 47.1 Å². The molecule has 0 radical (unpaired) electrons. The quantitative estimate of drug-likeness (QED) is 0.750. The largest absolute Gasteiger partial charge is 0.459 e.